The topological polar surface area (TPSA) is 12.0 Å². The fourth-order valence-corrected chi connectivity index (χ4v) is 1.35. The average molecular weight is 155 g/mol. The van der Waals surface area contributed by atoms with Crippen molar-refractivity contribution in [3.63, 3.8) is 0 Å². The Labute approximate surface area is 70.6 Å². The maximum Gasteiger partial charge on any atom is -0.00488 e. The molecule has 1 heteroatoms. The number of nitrogens with one attached hydrogen (secondary N) is 1. The molecule has 1 aliphatic carbocycles. The zero-order valence-electron chi connectivity index (χ0n) is 7.73. The summed E-state index contributed by atoms with van der Waals surface area (Å²) in [6.07, 6.45) is 8.54. The molecule has 0 saturated heterocycles. The standard InChI is InChI=1S/C10H21N/c1-2-3-8-11-9-4-5-10-6-7-10/h10-11H,2-9H2,1H3. The van der Waals surface area contributed by atoms with Crippen molar-refractivity contribution in [2.45, 2.75) is 45.4 Å². The second kappa shape index (κ2) is 5.59. The lowest BCUT2D eigenvalue weighted by Gasteiger charge is -2.01. The molecule has 1 fully saturated rings. The highest BCUT2D eigenvalue weighted by molar-refractivity contribution is 4.72. The molecule has 0 spiro atoms. The van der Waals surface area contributed by atoms with Gasteiger partial charge in [0.2, 0.25) is 0 Å². The van der Waals surface area contributed by atoms with Crippen LogP contribution in [0.1, 0.15) is 45.4 Å². The summed E-state index contributed by atoms with van der Waals surface area (Å²) in [5.74, 6) is 1.11. The van der Waals surface area contributed by atoms with Gasteiger partial charge in [0.1, 0.15) is 0 Å². The maximum absolute atomic E-state index is 3.47. The number of hydrogen-bond acceptors (Lipinski definition) is 1. The lowest BCUT2D eigenvalue weighted by Crippen LogP contribution is -2.16. The van der Waals surface area contributed by atoms with Crippen molar-refractivity contribution >= 4 is 0 Å². The Bertz CT molecular complexity index is 86.9. The monoisotopic (exact) mass is 155 g/mol. The molecule has 0 aromatic rings. The van der Waals surface area contributed by atoms with Gasteiger partial charge in [-0.3, -0.25) is 0 Å². The van der Waals surface area contributed by atoms with E-state index in [0.717, 1.165) is 5.92 Å². The highest BCUT2D eigenvalue weighted by Gasteiger charge is 2.19. The lowest BCUT2D eigenvalue weighted by atomic mass is 10.2. The van der Waals surface area contributed by atoms with Crippen LogP contribution in [0.15, 0.2) is 0 Å². The number of unbranched alkanes of at least 4 members (excludes halogenated alkanes) is 1. The average Bonchev–Trinajstić information content (AvgIpc) is 2.80. The molecule has 66 valence electrons. The van der Waals surface area contributed by atoms with Gasteiger partial charge < -0.3 is 5.32 Å². The van der Waals surface area contributed by atoms with E-state index in [9.17, 15) is 0 Å². The van der Waals surface area contributed by atoms with Crippen molar-refractivity contribution in [3.05, 3.63) is 0 Å². The predicted molar refractivity (Wildman–Crippen MR) is 49.7 cm³/mol. The molecule has 0 radical (unpaired) electrons. The molecule has 1 rings (SSSR count). The van der Waals surface area contributed by atoms with Crippen LogP contribution in [-0.2, 0) is 0 Å². The maximum atomic E-state index is 3.47. The van der Waals surface area contributed by atoms with Crippen molar-refractivity contribution in [3.8, 4) is 0 Å². The van der Waals surface area contributed by atoms with Gasteiger partial charge in [0.25, 0.3) is 0 Å². The Morgan fingerprint density at radius 2 is 1.91 bits per heavy atom. The summed E-state index contributed by atoms with van der Waals surface area (Å²) < 4.78 is 0. The van der Waals surface area contributed by atoms with E-state index < -0.39 is 0 Å². The fourth-order valence-electron chi connectivity index (χ4n) is 1.35. The molecule has 1 N–H and O–H groups in total. The van der Waals surface area contributed by atoms with Gasteiger partial charge in [-0.1, -0.05) is 26.2 Å². The van der Waals surface area contributed by atoms with Crippen molar-refractivity contribution in [2.24, 2.45) is 5.92 Å². The van der Waals surface area contributed by atoms with Gasteiger partial charge in [-0.15, -0.1) is 0 Å². The van der Waals surface area contributed by atoms with E-state index >= 15 is 0 Å². The SMILES string of the molecule is CCCCNCCCC1CC1. The predicted octanol–water partition coefficient (Wildman–Crippen LogP) is 2.57. The van der Waals surface area contributed by atoms with Gasteiger partial charge in [-0.2, -0.15) is 0 Å². The van der Waals surface area contributed by atoms with Gasteiger partial charge >= 0.3 is 0 Å². The van der Waals surface area contributed by atoms with Crippen LogP contribution in [-0.4, -0.2) is 13.1 Å². The quantitative estimate of drug-likeness (QED) is 0.557. The lowest BCUT2D eigenvalue weighted by molar-refractivity contribution is 0.578. The molecule has 0 amide bonds. The third-order valence-electron chi connectivity index (χ3n) is 2.37. The molecule has 1 nitrogen and oxygen atoms in total. The van der Waals surface area contributed by atoms with Crippen LogP contribution in [0, 0.1) is 5.92 Å². The number of rotatable bonds is 7. The summed E-state index contributed by atoms with van der Waals surface area (Å²) >= 11 is 0. The summed E-state index contributed by atoms with van der Waals surface area (Å²) in [5.41, 5.74) is 0. The molecule has 11 heavy (non-hydrogen) atoms. The molecule has 0 bridgehead atoms. The second-order valence-corrected chi connectivity index (χ2v) is 3.69. The Kier molecular flexibility index (Phi) is 4.60. The summed E-state index contributed by atoms with van der Waals surface area (Å²) in [6, 6.07) is 0. The first-order valence-corrected chi connectivity index (χ1v) is 5.14. The summed E-state index contributed by atoms with van der Waals surface area (Å²) in [6.45, 7) is 4.71. The van der Waals surface area contributed by atoms with Crippen LogP contribution in [0.25, 0.3) is 0 Å². The van der Waals surface area contributed by atoms with Gasteiger partial charge in [0, 0.05) is 0 Å². The van der Waals surface area contributed by atoms with E-state index in [-0.39, 0.29) is 0 Å². The molecular formula is C10H21N. The molecule has 0 unspecified atom stereocenters. The first-order valence-electron chi connectivity index (χ1n) is 5.14. The summed E-state index contributed by atoms with van der Waals surface area (Å²) in [7, 11) is 0. The van der Waals surface area contributed by atoms with E-state index in [1.54, 1.807) is 0 Å². The highest BCUT2D eigenvalue weighted by Crippen LogP contribution is 2.33. The number of hydrogen-bond donors (Lipinski definition) is 1. The molecule has 0 heterocycles. The van der Waals surface area contributed by atoms with E-state index in [0.29, 0.717) is 0 Å². The highest BCUT2D eigenvalue weighted by atomic mass is 14.8. The Morgan fingerprint density at radius 1 is 1.18 bits per heavy atom. The van der Waals surface area contributed by atoms with Crippen LogP contribution in [0.4, 0.5) is 0 Å². The minimum Gasteiger partial charge on any atom is -0.317 e. The van der Waals surface area contributed by atoms with Gasteiger partial charge in [-0.05, 0) is 38.3 Å². The Balaban J connectivity index is 1.66. The molecular weight excluding hydrogens is 134 g/mol. The first-order chi connectivity index (χ1) is 5.43. The van der Waals surface area contributed by atoms with E-state index in [4.69, 9.17) is 0 Å². The molecule has 1 aliphatic rings. The van der Waals surface area contributed by atoms with Crippen LogP contribution in [0.2, 0.25) is 0 Å². The molecule has 0 atom stereocenters. The normalized spacial score (nSPS) is 17.2. The van der Waals surface area contributed by atoms with E-state index in [1.165, 1.54) is 51.6 Å². The Morgan fingerprint density at radius 3 is 2.55 bits per heavy atom. The largest absolute Gasteiger partial charge is 0.317 e. The molecule has 1 saturated carbocycles. The third-order valence-corrected chi connectivity index (χ3v) is 2.37. The third kappa shape index (κ3) is 5.25. The zero-order valence-corrected chi connectivity index (χ0v) is 7.73. The van der Waals surface area contributed by atoms with E-state index in [2.05, 4.69) is 12.2 Å². The van der Waals surface area contributed by atoms with Crippen LogP contribution >= 0.6 is 0 Å². The fraction of sp³-hybridized carbons (Fsp3) is 1.00. The van der Waals surface area contributed by atoms with Crippen molar-refractivity contribution in [1.82, 2.24) is 5.32 Å². The van der Waals surface area contributed by atoms with Crippen molar-refractivity contribution in [1.29, 1.82) is 0 Å². The Hall–Kier alpha value is -0.0400. The van der Waals surface area contributed by atoms with Gasteiger partial charge in [-0.25, -0.2) is 0 Å². The minimum atomic E-state index is 1.11. The van der Waals surface area contributed by atoms with Crippen molar-refractivity contribution in [2.75, 3.05) is 13.1 Å². The van der Waals surface area contributed by atoms with Crippen LogP contribution in [0.3, 0.4) is 0 Å². The summed E-state index contributed by atoms with van der Waals surface area (Å²) in [4.78, 5) is 0. The molecule has 0 aromatic carbocycles. The van der Waals surface area contributed by atoms with Gasteiger partial charge in [0.05, 0.1) is 0 Å². The zero-order chi connectivity index (χ0) is 7.94. The van der Waals surface area contributed by atoms with Crippen LogP contribution in [0.5, 0.6) is 0 Å². The smallest absolute Gasteiger partial charge is 0.00488 e. The molecule has 0 aromatic heterocycles. The van der Waals surface area contributed by atoms with Crippen molar-refractivity contribution < 1.29 is 0 Å². The first kappa shape index (κ1) is 9.05. The van der Waals surface area contributed by atoms with Gasteiger partial charge in [0.15, 0.2) is 0 Å². The van der Waals surface area contributed by atoms with Crippen LogP contribution < -0.4 is 5.32 Å². The molecule has 0 aliphatic heterocycles. The minimum absolute atomic E-state index is 1.11. The second-order valence-electron chi connectivity index (χ2n) is 3.69. The summed E-state index contributed by atoms with van der Waals surface area (Å²) in [5, 5.41) is 3.47. The van der Waals surface area contributed by atoms with E-state index in [1.807, 2.05) is 0 Å².